The van der Waals surface area contributed by atoms with Crippen LogP contribution in [0.15, 0.2) is 151 Å². The summed E-state index contributed by atoms with van der Waals surface area (Å²) in [5.74, 6) is -0.615. The second kappa shape index (κ2) is 10.7. The first kappa shape index (κ1) is 27.0. The summed E-state index contributed by atoms with van der Waals surface area (Å²) < 4.78 is 0. The Morgan fingerprint density at radius 2 is 0.732 bits per heavy atom. The molecule has 0 aromatic heterocycles. The molecule has 8 bridgehead atoms. The maximum absolute atomic E-state index is 13.5. The predicted molar refractivity (Wildman–Crippen MR) is 157 cm³/mol. The van der Waals surface area contributed by atoms with Gasteiger partial charge in [0.15, 0.2) is 0 Å². The number of hydrogen-bond donors (Lipinski definition) is 0. The standard InChI is InChI=1S/C32H18Cl2N4O2.Zn/c33-19-5-1-17(2-6-19)29-21-9-13-25(35-21)31(39)27-15-11-23(37-27)30(18-3-7-20(34)8-4-18)24-12-16-28(38-24)32(40)26-14-10-22(29)36-26;/h1-16,39-40H;/q;+2/p-2. The van der Waals surface area contributed by atoms with E-state index in [4.69, 9.17) is 23.2 Å². The molecule has 9 heteroatoms. The van der Waals surface area contributed by atoms with Crippen LogP contribution < -0.4 is 10.2 Å². The molecular weight excluding hydrogens is 609 g/mol. The number of allylic oxidation sites excluding steroid dienone is 10. The summed E-state index contributed by atoms with van der Waals surface area (Å²) in [5, 5.41) is 28.2. The fourth-order valence-electron chi connectivity index (χ4n) is 4.86. The van der Waals surface area contributed by atoms with Gasteiger partial charge in [-0.1, -0.05) is 59.0 Å². The van der Waals surface area contributed by atoms with Crippen molar-refractivity contribution in [2.24, 2.45) is 20.0 Å². The molecule has 0 fully saturated rings. The van der Waals surface area contributed by atoms with Crippen molar-refractivity contribution in [3.05, 3.63) is 153 Å². The van der Waals surface area contributed by atoms with E-state index in [1.54, 1.807) is 72.9 Å². The van der Waals surface area contributed by atoms with Gasteiger partial charge in [0.1, 0.15) is 0 Å². The maximum Gasteiger partial charge on any atom is 2.00 e. The molecule has 2 aromatic rings. The van der Waals surface area contributed by atoms with Gasteiger partial charge in [0.2, 0.25) is 0 Å². The van der Waals surface area contributed by atoms with E-state index >= 15 is 0 Å². The van der Waals surface area contributed by atoms with Crippen molar-refractivity contribution in [3.8, 4) is 0 Å². The fourth-order valence-corrected chi connectivity index (χ4v) is 5.11. The number of aliphatic imine (C=N–C) groups is 4. The largest absolute Gasteiger partial charge is 2.00 e. The second-order valence-electron chi connectivity index (χ2n) is 9.28. The van der Waals surface area contributed by atoms with Gasteiger partial charge < -0.3 is 10.2 Å². The average Bonchev–Trinajstić information content (AvgIpc) is 3.78. The van der Waals surface area contributed by atoms with Crippen LogP contribution in [-0.2, 0) is 19.5 Å². The van der Waals surface area contributed by atoms with Crippen LogP contribution in [0.4, 0.5) is 0 Å². The molecule has 5 aliphatic rings. The van der Waals surface area contributed by atoms with Gasteiger partial charge in [-0.15, -0.1) is 0 Å². The molecule has 0 saturated heterocycles. The van der Waals surface area contributed by atoms with Crippen molar-refractivity contribution in [1.29, 1.82) is 0 Å². The van der Waals surface area contributed by atoms with Gasteiger partial charge in [-0.3, -0.25) is 0 Å². The van der Waals surface area contributed by atoms with Gasteiger partial charge >= 0.3 is 19.5 Å². The normalized spacial score (nSPS) is 18.8. The number of fused-ring (bicyclic) bond motifs is 4. The zero-order valence-electron chi connectivity index (χ0n) is 21.3. The third-order valence-corrected chi connectivity index (χ3v) is 7.28. The third-order valence-electron chi connectivity index (χ3n) is 6.78. The molecule has 0 aliphatic carbocycles. The SMILES string of the molecule is [O-]C1=C2C=CC(=N2)C(c2ccc(Cl)cc2)=C2C=CC(=N2)C([O-])=C2C=CC(=N2)C(c2ccc(Cl)cc2)=C2C=CC1=N2.[Zn+2]. The van der Waals surface area contributed by atoms with Crippen molar-refractivity contribution in [3.63, 3.8) is 0 Å². The first-order valence-electron chi connectivity index (χ1n) is 12.4. The van der Waals surface area contributed by atoms with E-state index in [0.29, 0.717) is 44.0 Å². The molecule has 7 rings (SSSR count). The maximum atomic E-state index is 13.5. The molecular formula is C32H16Cl2N4O2Zn. The summed E-state index contributed by atoms with van der Waals surface area (Å²) in [6.45, 7) is 0. The Morgan fingerprint density at radius 1 is 0.415 bits per heavy atom. The average molecular weight is 625 g/mol. The van der Waals surface area contributed by atoms with E-state index < -0.39 is 0 Å². The Morgan fingerprint density at radius 3 is 1.12 bits per heavy atom. The molecule has 0 spiro atoms. The first-order chi connectivity index (χ1) is 19.4. The zero-order chi connectivity index (χ0) is 27.4. The Balaban J connectivity index is 0.00000302. The molecule has 0 N–H and O–H groups in total. The van der Waals surface area contributed by atoms with Crippen LogP contribution in [0, 0.1) is 0 Å². The molecule has 5 aliphatic heterocycles. The number of nitrogens with zero attached hydrogens (tertiary/aromatic N) is 4. The van der Waals surface area contributed by atoms with Gasteiger partial charge in [0.05, 0.1) is 45.6 Å². The van der Waals surface area contributed by atoms with Crippen LogP contribution in [0.25, 0.3) is 11.1 Å². The van der Waals surface area contributed by atoms with E-state index in [0.717, 1.165) is 11.1 Å². The molecule has 5 heterocycles. The Kier molecular flexibility index (Phi) is 7.04. The Bertz CT molecular complexity index is 1760. The van der Waals surface area contributed by atoms with Crippen LogP contribution in [0.1, 0.15) is 11.1 Å². The zero-order valence-corrected chi connectivity index (χ0v) is 25.8. The third kappa shape index (κ3) is 4.87. The van der Waals surface area contributed by atoms with Gasteiger partial charge in [-0.2, -0.15) is 0 Å². The molecule has 0 radical (unpaired) electrons. The first-order valence-corrected chi connectivity index (χ1v) is 13.1. The van der Waals surface area contributed by atoms with Gasteiger partial charge in [0, 0.05) is 21.2 Å². The fraction of sp³-hybridized carbons (Fsp3) is 0. The van der Waals surface area contributed by atoms with Crippen molar-refractivity contribution >= 4 is 57.2 Å². The molecule has 0 saturated carbocycles. The molecule has 192 valence electrons. The van der Waals surface area contributed by atoms with Gasteiger partial charge in [-0.05, 0) is 84.0 Å². The molecule has 0 unspecified atom stereocenters. The van der Waals surface area contributed by atoms with Gasteiger partial charge in [-0.25, -0.2) is 20.0 Å². The number of benzene rings is 2. The number of hydrogen-bond acceptors (Lipinski definition) is 6. The minimum atomic E-state index is -0.307. The Labute approximate surface area is 258 Å². The van der Waals surface area contributed by atoms with Crippen LogP contribution in [0.2, 0.25) is 10.0 Å². The molecule has 2 aromatic carbocycles. The summed E-state index contributed by atoms with van der Waals surface area (Å²) in [6, 6.07) is 14.5. The van der Waals surface area contributed by atoms with Crippen molar-refractivity contribution in [1.82, 2.24) is 0 Å². The molecule has 0 amide bonds. The van der Waals surface area contributed by atoms with E-state index in [-0.39, 0.29) is 53.8 Å². The summed E-state index contributed by atoms with van der Waals surface area (Å²) in [4.78, 5) is 18.7. The van der Waals surface area contributed by atoms with Crippen molar-refractivity contribution in [2.45, 2.75) is 0 Å². The Hall–Kier alpha value is -4.16. The quantitative estimate of drug-likeness (QED) is 0.424. The van der Waals surface area contributed by atoms with E-state index in [1.165, 1.54) is 0 Å². The van der Waals surface area contributed by atoms with Crippen LogP contribution >= 0.6 is 23.2 Å². The summed E-state index contributed by atoms with van der Waals surface area (Å²) >= 11 is 12.3. The van der Waals surface area contributed by atoms with Crippen LogP contribution in [0.3, 0.4) is 0 Å². The van der Waals surface area contributed by atoms with E-state index in [9.17, 15) is 10.2 Å². The summed E-state index contributed by atoms with van der Waals surface area (Å²) in [5.41, 5.74) is 6.13. The van der Waals surface area contributed by atoms with Gasteiger partial charge in [0.25, 0.3) is 0 Å². The monoisotopic (exact) mass is 622 g/mol. The molecule has 41 heavy (non-hydrogen) atoms. The minimum absolute atomic E-state index is 0. The van der Waals surface area contributed by atoms with Crippen molar-refractivity contribution in [2.75, 3.05) is 0 Å². The molecule has 0 atom stereocenters. The smallest absolute Gasteiger partial charge is 0.870 e. The van der Waals surface area contributed by atoms with E-state index in [2.05, 4.69) is 20.0 Å². The second-order valence-corrected chi connectivity index (χ2v) is 10.2. The molecule has 6 nitrogen and oxygen atoms in total. The van der Waals surface area contributed by atoms with Crippen LogP contribution in [-0.4, -0.2) is 22.8 Å². The van der Waals surface area contributed by atoms with Crippen LogP contribution in [0.5, 0.6) is 0 Å². The summed E-state index contributed by atoms with van der Waals surface area (Å²) in [7, 11) is 0. The minimum Gasteiger partial charge on any atom is -0.870 e. The van der Waals surface area contributed by atoms with E-state index in [1.807, 2.05) is 24.3 Å². The number of halogens is 2. The topological polar surface area (TPSA) is 95.6 Å². The number of rotatable bonds is 2. The summed E-state index contributed by atoms with van der Waals surface area (Å²) in [6.07, 6.45) is 13.8. The predicted octanol–water partition coefficient (Wildman–Crippen LogP) is 5.31. The van der Waals surface area contributed by atoms with Crippen molar-refractivity contribution < 1.29 is 29.7 Å².